The molecular formula is C27H31N9O. The fourth-order valence-electron chi connectivity index (χ4n) is 4.64. The molecule has 0 radical (unpaired) electrons. The average Bonchev–Trinajstić information content (AvgIpc) is 3.68. The van der Waals surface area contributed by atoms with Crippen LogP contribution in [0.5, 0.6) is 0 Å². The van der Waals surface area contributed by atoms with Gasteiger partial charge in [0.2, 0.25) is 0 Å². The van der Waals surface area contributed by atoms with E-state index in [1.807, 2.05) is 71.2 Å². The van der Waals surface area contributed by atoms with Gasteiger partial charge in [0.05, 0.1) is 18.4 Å². The molecule has 0 fully saturated rings. The molecule has 0 amide bonds. The van der Waals surface area contributed by atoms with Gasteiger partial charge in [0.25, 0.3) is 0 Å². The fraction of sp³-hybridized carbons (Fsp3) is 0.333. The van der Waals surface area contributed by atoms with Gasteiger partial charge in [0.1, 0.15) is 5.82 Å². The zero-order chi connectivity index (χ0) is 25.8. The summed E-state index contributed by atoms with van der Waals surface area (Å²) in [5.74, 6) is 1.46. The number of nitrogens with one attached hydrogen (secondary N) is 1. The van der Waals surface area contributed by atoms with Crippen molar-refractivity contribution < 1.29 is 0 Å². The molecule has 0 atom stereocenters. The number of benzene rings is 1. The summed E-state index contributed by atoms with van der Waals surface area (Å²) in [6.45, 7) is 7.39. The second kappa shape index (κ2) is 10.7. The second-order valence-corrected chi connectivity index (χ2v) is 8.96. The van der Waals surface area contributed by atoms with Crippen LogP contribution in [0, 0.1) is 0 Å². The monoisotopic (exact) mass is 497 g/mol. The van der Waals surface area contributed by atoms with Gasteiger partial charge in [-0.25, -0.2) is 14.6 Å². The van der Waals surface area contributed by atoms with E-state index in [2.05, 4.69) is 39.6 Å². The van der Waals surface area contributed by atoms with Crippen LogP contribution in [0.1, 0.15) is 50.6 Å². The van der Waals surface area contributed by atoms with Gasteiger partial charge in [-0.15, -0.1) is 5.10 Å². The zero-order valence-electron chi connectivity index (χ0n) is 21.4. The van der Waals surface area contributed by atoms with E-state index in [4.69, 9.17) is 4.98 Å². The fourth-order valence-corrected chi connectivity index (χ4v) is 4.64. The van der Waals surface area contributed by atoms with Gasteiger partial charge in [0, 0.05) is 41.3 Å². The molecule has 0 bridgehead atoms. The van der Waals surface area contributed by atoms with Crippen LogP contribution in [0.4, 0.5) is 0 Å². The number of hydrogen-bond acceptors (Lipinski definition) is 6. The van der Waals surface area contributed by atoms with Crippen molar-refractivity contribution in [1.29, 1.82) is 0 Å². The van der Waals surface area contributed by atoms with E-state index in [0.717, 1.165) is 65.1 Å². The molecule has 0 saturated carbocycles. The molecule has 0 unspecified atom stereocenters. The number of tetrazole rings is 1. The van der Waals surface area contributed by atoms with Crippen LogP contribution in [0.15, 0.2) is 59.8 Å². The Morgan fingerprint density at radius 3 is 2.51 bits per heavy atom. The Labute approximate surface area is 215 Å². The Morgan fingerprint density at radius 2 is 1.84 bits per heavy atom. The van der Waals surface area contributed by atoms with Crippen molar-refractivity contribution in [1.82, 2.24) is 44.5 Å². The van der Waals surface area contributed by atoms with Crippen molar-refractivity contribution in [3.05, 3.63) is 82.4 Å². The standard InChI is InChI=1S/C27H31N9O/c1-4-7-10-22-18-35(26-19(5-2)16-29-36(26)6-3)27(37)34(22)17-21-14-13-20(15-28-21)23-11-8-9-12-24(23)25-30-32-33-31-25/h8-9,11-16,18H,4-7,10,17H2,1-3H3,(H,30,31,32,33). The largest absolute Gasteiger partial charge is 0.334 e. The lowest BCUT2D eigenvalue weighted by Gasteiger charge is -2.09. The molecule has 4 aromatic heterocycles. The minimum absolute atomic E-state index is 0.0648. The van der Waals surface area contributed by atoms with Gasteiger partial charge in [-0.2, -0.15) is 5.10 Å². The molecule has 0 spiro atoms. The quantitative estimate of drug-likeness (QED) is 0.312. The summed E-state index contributed by atoms with van der Waals surface area (Å²) in [5, 5.41) is 18.8. The van der Waals surface area contributed by atoms with E-state index in [9.17, 15) is 4.79 Å². The van der Waals surface area contributed by atoms with Crippen LogP contribution >= 0.6 is 0 Å². The molecule has 0 aliphatic heterocycles. The molecule has 1 aromatic carbocycles. The Bertz CT molecular complexity index is 1500. The highest BCUT2D eigenvalue weighted by Gasteiger charge is 2.19. The lowest BCUT2D eigenvalue weighted by atomic mass is 10.0. The molecule has 5 rings (SSSR count). The predicted molar refractivity (Wildman–Crippen MR) is 141 cm³/mol. The zero-order valence-corrected chi connectivity index (χ0v) is 21.4. The summed E-state index contributed by atoms with van der Waals surface area (Å²) in [6.07, 6.45) is 9.39. The van der Waals surface area contributed by atoms with Gasteiger partial charge in [-0.05, 0) is 48.2 Å². The van der Waals surface area contributed by atoms with Gasteiger partial charge in [0.15, 0.2) is 5.82 Å². The summed E-state index contributed by atoms with van der Waals surface area (Å²) in [6, 6.07) is 11.9. The van der Waals surface area contributed by atoms with E-state index in [1.165, 1.54) is 0 Å². The van der Waals surface area contributed by atoms with E-state index in [-0.39, 0.29) is 5.69 Å². The number of aromatic amines is 1. The number of unbranched alkanes of at least 4 members (excludes halogenated alkanes) is 1. The summed E-state index contributed by atoms with van der Waals surface area (Å²) < 4.78 is 5.50. The Hall–Kier alpha value is -4.34. The summed E-state index contributed by atoms with van der Waals surface area (Å²) in [7, 11) is 0. The summed E-state index contributed by atoms with van der Waals surface area (Å²) in [4.78, 5) is 18.4. The van der Waals surface area contributed by atoms with Crippen LogP contribution in [-0.4, -0.2) is 44.5 Å². The van der Waals surface area contributed by atoms with Crippen molar-refractivity contribution in [3.8, 4) is 28.3 Å². The maximum Gasteiger partial charge on any atom is 0.334 e. The third-order valence-electron chi connectivity index (χ3n) is 6.62. The molecule has 5 aromatic rings. The third kappa shape index (κ3) is 4.74. The molecule has 0 aliphatic carbocycles. The van der Waals surface area contributed by atoms with E-state index >= 15 is 0 Å². The van der Waals surface area contributed by atoms with Gasteiger partial charge in [-0.1, -0.05) is 50.6 Å². The average molecular weight is 498 g/mol. The van der Waals surface area contributed by atoms with E-state index in [0.29, 0.717) is 18.9 Å². The molecule has 190 valence electrons. The predicted octanol–water partition coefficient (Wildman–Crippen LogP) is 4.05. The first-order valence-electron chi connectivity index (χ1n) is 12.8. The van der Waals surface area contributed by atoms with Gasteiger partial charge in [-0.3, -0.25) is 14.1 Å². The van der Waals surface area contributed by atoms with E-state index < -0.39 is 0 Å². The first-order valence-corrected chi connectivity index (χ1v) is 12.8. The SMILES string of the molecule is CCCCc1cn(-c2c(CC)cnn2CC)c(=O)n1Cc1ccc(-c2ccccc2-c2nnn[nH]2)cn1. The number of nitrogens with zero attached hydrogens (tertiary/aromatic N) is 8. The number of H-pyrrole nitrogens is 1. The molecule has 10 nitrogen and oxygen atoms in total. The van der Waals surface area contributed by atoms with Crippen LogP contribution in [-0.2, 0) is 25.9 Å². The molecule has 1 N–H and O–H groups in total. The van der Waals surface area contributed by atoms with Crippen molar-refractivity contribution in [2.45, 2.75) is 59.5 Å². The number of pyridine rings is 1. The number of hydrogen-bond donors (Lipinski definition) is 1. The molecule has 0 aliphatic rings. The highest BCUT2D eigenvalue weighted by molar-refractivity contribution is 5.79. The summed E-state index contributed by atoms with van der Waals surface area (Å²) in [5.41, 5.74) is 5.65. The Balaban J connectivity index is 1.49. The maximum atomic E-state index is 13.7. The molecule has 4 heterocycles. The first kappa shape index (κ1) is 24.4. The molecular weight excluding hydrogens is 466 g/mol. The van der Waals surface area contributed by atoms with Crippen LogP contribution < -0.4 is 5.69 Å². The van der Waals surface area contributed by atoms with Crippen molar-refractivity contribution in [3.63, 3.8) is 0 Å². The minimum atomic E-state index is -0.0648. The Morgan fingerprint density at radius 1 is 1.00 bits per heavy atom. The number of rotatable bonds is 10. The molecule has 10 heteroatoms. The number of imidazole rings is 1. The highest BCUT2D eigenvalue weighted by Crippen LogP contribution is 2.29. The topological polar surface area (TPSA) is 112 Å². The van der Waals surface area contributed by atoms with Gasteiger partial charge < -0.3 is 0 Å². The van der Waals surface area contributed by atoms with Crippen molar-refractivity contribution in [2.75, 3.05) is 0 Å². The van der Waals surface area contributed by atoms with E-state index in [1.54, 1.807) is 4.57 Å². The minimum Gasteiger partial charge on any atom is -0.290 e. The maximum absolute atomic E-state index is 13.7. The third-order valence-corrected chi connectivity index (χ3v) is 6.62. The van der Waals surface area contributed by atoms with Crippen LogP contribution in [0.2, 0.25) is 0 Å². The summed E-state index contributed by atoms with van der Waals surface area (Å²) >= 11 is 0. The second-order valence-electron chi connectivity index (χ2n) is 8.96. The molecule has 37 heavy (non-hydrogen) atoms. The number of aryl methyl sites for hydroxylation is 3. The van der Waals surface area contributed by atoms with Crippen molar-refractivity contribution >= 4 is 0 Å². The van der Waals surface area contributed by atoms with Crippen LogP contribution in [0.3, 0.4) is 0 Å². The lowest BCUT2D eigenvalue weighted by Crippen LogP contribution is -2.27. The highest BCUT2D eigenvalue weighted by atomic mass is 16.1. The van der Waals surface area contributed by atoms with Crippen molar-refractivity contribution in [2.24, 2.45) is 0 Å². The van der Waals surface area contributed by atoms with Gasteiger partial charge >= 0.3 is 5.69 Å². The number of aromatic nitrogens is 9. The normalized spacial score (nSPS) is 11.3. The van der Waals surface area contributed by atoms with Crippen LogP contribution in [0.25, 0.3) is 28.3 Å². The first-order chi connectivity index (χ1) is 18.1. The molecule has 0 saturated heterocycles. The smallest absolute Gasteiger partial charge is 0.290 e. The lowest BCUT2D eigenvalue weighted by molar-refractivity contribution is 0.621. The Kier molecular flexibility index (Phi) is 7.07.